The Kier molecular flexibility index (Phi) is 3.91. The summed E-state index contributed by atoms with van der Waals surface area (Å²) in [6.45, 7) is 8.05. The van der Waals surface area contributed by atoms with Crippen LogP contribution in [0.15, 0.2) is 0 Å². The maximum absolute atomic E-state index is 6.14. The van der Waals surface area contributed by atoms with Crippen LogP contribution in [0.2, 0.25) is 0 Å². The average molecular weight is 224 g/mol. The van der Waals surface area contributed by atoms with Gasteiger partial charge in [-0.05, 0) is 56.9 Å². The molecule has 0 heterocycles. The zero-order valence-corrected chi connectivity index (χ0v) is 11.0. The fourth-order valence-corrected chi connectivity index (χ4v) is 3.21. The van der Waals surface area contributed by atoms with Crippen molar-refractivity contribution in [1.82, 2.24) is 4.90 Å². The highest BCUT2D eigenvalue weighted by molar-refractivity contribution is 5.03. The van der Waals surface area contributed by atoms with Crippen molar-refractivity contribution in [2.75, 3.05) is 19.6 Å². The molecule has 2 heteroatoms. The summed E-state index contributed by atoms with van der Waals surface area (Å²) in [4.78, 5) is 2.75. The van der Waals surface area contributed by atoms with Gasteiger partial charge in [-0.25, -0.2) is 0 Å². The van der Waals surface area contributed by atoms with E-state index in [0.29, 0.717) is 5.54 Å². The lowest BCUT2D eigenvalue weighted by Gasteiger charge is -2.44. The molecule has 1 atom stereocenters. The van der Waals surface area contributed by atoms with Crippen LogP contribution < -0.4 is 5.73 Å². The molecule has 0 radical (unpaired) electrons. The highest BCUT2D eigenvalue weighted by Crippen LogP contribution is 2.46. The molecule has 0 aromatic rings. The minimum absolute atomic E-state index is 0.346. The van der Waals surface area contributed by atoms with E-state index in [2.05, 4.69) is 18.7 Å². The molecule has 2 nitrogen and oxygen atoms in total. The summed E-state index contributed by atoms with van der Waals surface area (Å²) in [6.07, 6.45) is 8.23. The lowest BCUT2D eigenvalue weighted by atomic mass is 9.87. The second-order valence-electron chi connectivity index (χ2n) is 5.82. The molecule has 2 N–H and O–H groups in total. The minimum atomic E-state index is 0.346. The number of nitrogens with zero attached hydrogens (tertiary/aromatic N) is 1. The first-order chi connectivity index (χ1) is 7.76. The summed E-state index contributed by atoms with van der Waals surface area (Å²) in [5.74, 6) is 1.88. The van der Waals surface area contributed by atoms with E-state index in [-0.39, 0.29) is 0 Å². The number of rotatable bonds is 8. The second-order valence-corrected chi connectivity index (χ2v) is 5.82. The highest BCUT2D eigenvalue weighted by atomic mass is 15.2. The van der Waals surface area contributed by atoms with Crippen LogP contribution in [0.5, 0.6) is 0 Å². The predicted octanol–water partition coefficient (Wildman–Crippen LogP) is 2.63. The average Bonchev–Trinajstić information content (AvgIpc) is 3.15. The van der Waals surface area contributed by atoms with Crippen molar-refractivity contribution in [2.45, 2.75) is 57.9 Å². The summed E-state index contributed by atoms with van der Waals surface area (Å²) in [5, 5.41) is 0. The third kappa shape index (κ3) is 2.43. The molecule has 0 amide bonds. The largest absolute Gasteiger partial charge is 0.329 e. The van der Waals surface area contributed by atoms with Crippen LogP contribution in [0.25, 0.3) is 0 Å². The molecule has 2 saturated carbocycles. The van der Waals surface area contributed by atoms with Gasteiger partial charge in [0.05, 0.1) is 0 Å². The predicted molar refractivity (Wildman–Crippen MR) is 69.4 cm³/mol. The van der Waals surface area contributed by atoms with E-state index in [1.807, 2.05) is 0 Å². The van der Waals surface area contributed by atoms with Gasteiger partial charge >= 0.3 is 0 Å². The first-order valence-electron chi connectivity index (χ1n) is 7.22. The molecule has 1 unspecified atom stereocenters. The first kappa shape index (κ1) is 12.4. The Labute approximate surface area is 101 Å². The zero-order chi connectivity index (χ0) is 11.6. The van der Waals surface area contributed by atoms with Crippen molar-refractivity contribution in [3.63, 3.8) is 0 Å². The third-order valence-electron chi connectivity index (χ3n) is 4.60. The van der Waals surface area contributed by atoms with Crippen LogP contribution in [-0.4, -0.2) is 30.1 Å². The van der Waals surface area contributed by atoms with Crippen LogP contribution in [-0.2, 0) is 0 Å². The molecule has 16 heavy (non-hydrogen) atoms. The molecule has 2 fully saturated rings. The van der Waals surface area contributed by atoms with Crippen molar-refractivity contribution in [2.24, 2.45) is 17.6 Å². The molecule has 94 valence electrons. The van der Waals surface area contributed by atoms with Crippen molar-refractivity contribution >= 4 is 0 Å². The Morgan fingerprint density at radius 1 is 1.19 bits per heavy atom. The molecule has 2 rings (SSSR count). The number of hydrogen-bond acceptors (Lipinski definition) is 2. The van der Waals surface area contributed by atoms with E-state index in [0.717, 1.165) is 18.4 Å². The summed E-state index contributed by atoms with van der Waals surface area (Å²) in [5.41, 5.74) is 6.49. The molecule has 0 aliphatic heterocycles. The lowest BCUT2D eigenvalue weighted by molar-refractivity contribution is 0.0630. The van der Waals surface area contributed by atoms with Crippen molar-refractivity contribution in [1.29, 1.82) is 0 Å². The van der Waals surface area contributed by atoms with Gasteiger partial charge in [0.1, 0.15) is 0 Å². The van der Waals surface area contributed by atoms with Crippen molar-refractivity contribution < 1.29 is 0 Å². The molecule has 0 bridgehead atoms. The Hall–Kier alpha value is -0.0800. The summed E-state index contributed by atoms with van der Waals surface area (Å²) in [6, 6.07) is 0. The summed E-state index contributed by atoms with van der Waals surface area (Å²) < 4.78 is 0. The van der Waals surface area contributed by atoms with Crippen LogP contribution in [0.1, 0.15) is 52.4 Å². The van der Waals surface area contributed by atoms with E-state index in [1.54, 1.807) is 0 Å². The van der Waals surface area contributed by atoms with Gasteiger partial charge in [-0.1, -0.05) is 13.8 Å². The fraction of sp³-hybridized carbons (Fsp3) is 1.00. The monoisotopic (exact) mass is 224 g/mol. The third-order valence-corrected chi connectivity index (χ3v) is 4.60. The van der Waals surface area contributed by atoms with E-state index in [9.17, 15) is 0 Å². The van der Waals surface area contributed by atoms with Gasteiger partial charge in [0.15, 0.2) is 0 Å². The Bertz CT molecular complexity index is 215. The smallest absolute Gasteiger partial charge is 0.0357 e. The Morgan fingerprint density at radius 3 is 2.25 bits per heavy atom. The van der Waals surface area contributed by atoms with Gasteiger partial charge in [-0.3, -0.25) is 4.90 Å². The van der Waals surface area contributed by atoms with E-state index in [4.69, 9.17) is 5.73 Å². The highest BCUT2D eigenvalue weighted by Gasteiger charge is 2.47. The Balaban J connectivity index is 2.05. The molecular formula is C14H28N2. The van der Waals surface area contributed by atoms with E-state index in [1.165, 1.54) is 51.6 Å². The van der Waals surface area contributed by atoms with Gasteiger partial charge in [-0.15, -0.1) is 0 Å². The minimum Gasteiger partial charge on any atom is -0.329 e. The van der Waals surface area contributed by atoms with Gasteiger partial charge in [0, 0.05) is 18.6 Å². The van der Waals surface area contributed by atoms with Crippen LogP contribution in [0, 0.1) is 11.8 Å². The summed E-state index contributed by atoms with van der Waals surface area (Å²) >= 11 is 0. The maximum atomic E-state index is 6.14. The molecule has 0 aromatic carbocycles. The normalized spacial score (nSPS) is 24.8. The van der Waals surface area contributed by atoms with Crippen molar-refractivity contribution in [3.05, 3.63) is 0 Å². The fourth-order valence-electron chi connectivity index (χ4n) is 3.21. The molecule has 0 spiro atoms. The molecule has 2 aliphatic carbocycles. The van der Waals surface area contributed by atoms with Gasteiger partial charge < -0.3 is 5.73 Å². The van der Waals surface area contributed by atoms with E-state index >= 15 is 0 Å². The van der Waals surface area contributed by atoms with Gasteiger partial charge in [0.25, 0.3) is 0 Å². The van der Waals surface area contributed by atoms with Crippen molar-refractivity contribution in [3.8, 4) is 0 Å². The molecule has 0 saturated heterocycles. The topological polar surface area (TPSA) is 29.3 Å². The SMILES string of the molecule is CCCN(CC1CC1)C(CC)(CN)C1CC1. The maximum Gasteiger partial charge on any atom is 0.0357 e. The molecular weight excluding hydrogens is 196 g/mol. The number of hydrogen-bond donors (Lipinski definition) is 1. The van der Waals surface area contributed by atoms with Crippen LogP contribution in [0.4, 0.5) is 0 Å². The number of nitrogens with two attached hydrogens (primary N) is 1. The lowest BCUT2D eigenvalue weighted by Crippen LogP contribution is -2.56. The molecule has 2 aliphatic rings. The van der Waals surface area contributed by atoms with Gasteiger partial charge in [0.2, 0.25) is 0 Å². The van der Waals surface area contributed by atoms with Crippen LogP contribution >= 0.6 is 0 Å². The van der Waals surface area contributed by atoms with Crippen LogP contribution in [0.3, 0.4) is 0 Å². The Morgan fingerprint density at radius 2 is 1.88 bits per heavy atom. The second kappa shape index (κ2) is 5.05. The van der Waals surface area contributed by atoms with E-state index < -0.39 is 0 Å². The van der Waals surface area contributed by atoms with Gasteiger partial charge in [-0.2, -0.15) is 0 Å². The molecule has 0 aromatic heterocycles. The summed E-state index contributed by atoms with van der Waals surface area (Å²) in [7, 11) is 0. The first-order valence-corrected chi connectivity index (χ1v) is 7.22. The quantitative estimate of drug-likeness (QED) is 0.687. The standard InChI is InChI=1S/C14H28N2/c1-3-9-16(10-12-5-6-12)14(4-2,11-15)13-7-8-13/h12-13H,3-11,15H2,1-2H3. The zero-order valence-electron chi connectivity index (χ0n) is 11.0.